The summed E-state index contributed by atoms with van der Waals surface area (Å²) in [6.45, 7) is 7.46. The highest BCUT2D eigenvalue weighted by atomic mass is 32.2. The maximum Gasteiger partial charge on any atom is 0.279 e. The maximum absolute atomic E-state index is 12.2. The molecule has 0 fully saturated rings. The summed E-state index contributed by atoms with van der Waals surface area (Å²) in [5.41, 5.74) is 5.79. The average Bonchev–Trinajstić information content (AvgIpc) is 3.05. The maximum atomic E-state index is 12.2. The molecule has 0 aliphatic heterocycles. The molecule has 2 amide bonds. The van der Waals surface area contributed by atoms with Gasteiger partial charge in [-0.05, 0) is 43.2 Å². The van der Waals surface area contributed by atoms with Gasteiger partial charge in [0.15, 0.2) is 0 Å². The molecule has 0 atom stereocenters. The minimum atomic E-state index is -3.74. The zero-order valence-electron chi connectivity index (χ0n) is 15.0. The van der Waals surface area contributed by atoms with Crippen LogP contribution in [0.3, 0.4) is 0 Å². The Hall–Kier alpha value is -2.49. The topological polar surface area (TPSA) is 104 Å². The van der Waals surface area contributed by atoms with E-state index in [4.69, 9.17) is 0 Å². The molecule has 0 aliphatic carbocycles. The van der Waals surface area contributed by atoms with Gasteiger partial charge in [-0.1, -0.05) is 19.1 Å². The van der Waals surface area contributed by atoms with Gasteiger partial charge in [0.2, 0.25) is 10.0 Å². The number of carbonyl (C=O) groups is 2. The molecule has 7 nitrogen and oxygen atoms in total. The van der Waals surface area contributed by atoms with Crippen LogP contribution in [0.4, 0.5) is 0 Å². The predicted molar refractivity (Wildman–Crippen MR) is 105 cm³/mol. The number of hydrazine groups is 1. The summed E-state index contributed by atoms with van der Waals surface area (Å²) in [5, 5.41) is 0. The molecule has 0 bridgehead atoms. The molecule has 3 N–H and O–H groups in total. The van der Waals surface area contributed by atoms with E-state index in [9.17, 15) is 18.0 Å². The van der Waals surface area contributed by atoms with Crippen molar-refractivity contribution in [1.29, 1.82) is 0 Å². The second-order valence-electron chi connectivity index (χ2n) is 5.65. The van der Waals surface area contributed by atoms with E-state index in [0.717, 1.165) is 16.9 Å². The van der Waals surface area contributed by atoms with Crippen molar-refractivity contribution in [2.75, 3.05) is 6.54 Å². The molecule has 0 saturated heterocycles. The lowest BCUT2D eigenvalue weighted by atomic mass is 10.2. The monoisotopic (exact) mass is 407 g/mol. The van der Waals surface area contributed by atoms with Gasteiger partial charge >= 0.3 is 0 Å². The molecule has 9 heteroatoms. The van der Waals surface area contributed by atoms with E-state index in [1.54, 1.807) is 6.07 Å². The van der Waals surface area contributed by atoms with Crippen LogP contribution in [0.1, 0.15) is 37.4 Å². The van der Waals surface area contributed by atoms with Crippen molar-refractivity contribution in [3.63, 3.8) is 0 Å². The molecule has 0 saturated carbocycles. The van der Waals surface area contributed by atoms with Crippen LogP contribution in [-0.4, -0.2) is 26.8 Å². The third-order valence-electron chi connectivity index (χ3n) is 3.68. The number of aryl methyl sites for hydroxylation is 2. The zero-order chi connectivity index (χ0) is 20.0. The Morgan fingerprint density at radius 1 is 1.19 bits per heavy atom. The second-order valence-corrected chi connectivity index (χ2v) is 8.55. The van der Waals surface area contributed by atoms with Crippen molar-refractivity contribution in [3.8, 4) is 0 Å². The van der Waals surface area contributed by atoms with Crippen molar-refractivity contribution in [3.05, 3.63) is 63.9 Å². The molecule has 2 rings (SSSR count). The van der Waals surface area contributed by atoms with Crippen molar-refractivity contribution in [2.24, 2.45) is 0 Å². The molecule has 0 aliphatic rings. The highest BCUT2D eigenvalue weighted by Gasteiger charge is 2.17. The summed E-state index contributed by atoms with van der Waals surface area (Å²) >= 11 is 1.37. The molecular weight excluding hydrogens is 386 g/mol. The van der Waals surface area contributed by atoms with Crippen LogP contribution in [-0.2, 0) is 16.4 Å². The molecule has 1 heterocycles. The van der Waals surface area contributed by atoms with E-state index in [-0.39, 0.29) is 17.0 Å². The number of rotatable bonds is 7. The van der Waals surface area contributed by atoms with E-state index < -0.39 is 21.8 Å². The van der Waals surface area contributed by atoms with Gasteiger partial charge in [-0.25, -0.2) is 13.1 Å². The smallest absolute Gasteiger partial charge is 0.267 e. The summed E-state index contributed by atoms with van der Waals surface area (Å²) in [5.74, 6) is -1.04. The fourth-order valence-electron chi connectivity index (χ4n) is 2.29. The van der Waals surface area contributed by atoms with E-state index in [2.05, 4.69) is 22.2 Å². The fourth-order valence-corrected chi connectivity index (χ4v) is 4.34. The lowest BCUT2D eigenvalue weighted by Gasteiger charge is -2.08. The fraction of sp³-hybridized carbons (Fsp3) is 0.222. The van der Waals surface area contributed by atoms with Crippen LogP contribution in [0.5, 0.6) is 0 Å². The largest absolute Gasteiger partial charge is 0.279 e. The number of sulfonamides is 1. The Morgan fingerprint density at radius 3 is 2.52 bits per heavy atom. The number of nitrogens with one attached hydrogen (secondary N) is 3. The first-order valence-electron chi connectivity index (χ1n) is 8.19. The number of thiophene rings is 1. The quantitative estimate of drug-likeness (QED) is 0.483. The van der Waals surface area contributed by atoms with Gasteiger partial charge in [0.25, 0.3) is 11.8 Å². The Kier molecular flexibility index (Phi) is 6.89. The summed E-state index contributed by atoms with van der Waals surface area (Å²) in [4.78, 5) is 26.0. The van der Waals surface area contributed by atoms with Crippen LogP contribution < -0.4 is 15.6 Å². The van der Waals surface area contributed by atoms with Crippen molar-refractivity contribution in [2.45, 2.75) is 25.2 Å². The van der Waals surface area contributed by atoms with Crippen LogP contribution >= 0.6 is 11.3 Å². The van der Waals surface area contributed by atoms with Gasteiger partial charge in [0.1, 0.15) is 0 Å². The molecule has 1 aromatic carbocycles. The lowest BCUT2D eigenvalue weighted by Crippen LogP contribution is -2.41. The SMILES string of the molecule is C=CCNS(=O)(=O)c1cccc(C(=O)NNC(=O)c2cc(C)c(CC)s2)c1. The van der Waals surface area contributed by atoms with Crippen molar-refractivity contribution >= 4 is 33.2 Å². The first kappa shape index (κ1) is 20.8. The van der Waals surface area contributed by atoms with Crippen LogP contribution in [0.15, 0.2) is 47.9 Å². The van der Waals surface area contributed by atoms with Crippen molar-refractivity contribution in [1.82, 2.24) is 15.6 Å². The molecule has 0 unspecified atom stereocenters. The molecular formula is C18H21N3O4S2. The third kappa shape index (κ3) is 5.25. The van der Waals surface area contributed by atoms with Gasteiger partial charge < -0.3 is 0 Å². The second kappa shape index (κ2) is 8.94. The molecule has 0 spiro atoms. The van der Waals surface area contributed by atoms with Crippen LogP contribution in [0, 0.1) is 6.92 Å². The Bertz CT molecular complexity index is 965. The summed E-state index contributed by atoms with van der Waals surface area (Å²) in [6.07, 6.45) is 2.25. The van der Waals surface area contributed by atoms with E-state index in [1.165, 1.54) is 41.7 Å². The number of amides is 2. The minimum absolute atomic E-state index is 0.0511. The number of hydrogen-bond donors (Lipinski definition) is 3. The summed E-state index contributed by atoms with van der Waals surface area (Å²) < 4.78 is 26.6. The highest BCUT2D eigenvalue weighted by molar-refractivity contribution is 7.89. The van der Waals surface area contributed by atoms with E-state index >= 15 is 0 Å². The third-order valence-corrected chi connectivity index (χ3v) is 6.48. The van der Waals surface area contributed by atoms with Gasteiger partial charge in [-0.3, -0.25) is 20.4 Å². The molecule has 27 heavy (non-hydrogen) atoms. The lowest BCUT2D eigenvalue weighted by molar-refractivity contribution is 0.0848. The normalized spacial score (nSPS) is 11.0. The molecule has 0 radical (unpaired) electrons. The van der Waals surface area contributed by atoms with Gasteiger partial charge in [-0.15, -0.1) is 17.9 Å². The molecule has 2 aromatic rings. The van der Waals surface area contributed by atoms with Crippen LogP contribution in [0.2, 0.25) is 0 Å². The first-order valence-corrected chi connectivity index (χ1v) is 10.5. The van der Waals surface area contributed by atoms with Crippen molar-refractivity contribution < 1.29 is 18.0 Å². The molecule has 144 valence electrons. The van der Waals surface area contributed by atoms with Gasteiger partial charge in [0, 0.05) is 17.0 Å². The Balaban J connectivity index is 2.06. The average molecular weight is 408 g/mol. The Morgan fingerprint density at radius 2 is 1.89 bits per heavy atom. The summed E-state index contributed by atoms with van der Waals surface area (Å²) in [6, 6.07) is 7.29. The Labute approximate surface area is 162 Å². The van der Waals surface area contributed by atoms with Gasteiger partial charge in [0.05, 0.1) is 9.77 Å². The van der Waals surface area contributed by atoms with Gasteiger partial charge in [-0.2, -0.15) is 0 Å². The van der Waals surface area contributed by atoms with E-state index in [1.807, 2.05) is 13.8 Å². The highest BCUT2D eigenvalue weighted by Crippen LogP contribution is 2.22. The zero-order valence-corrected chi connectivity index (χ0v) is 16.7. The number of benzene rings is 1. The number of hydrogen-bond acceptors (Lipinski definition) is 5. The number of carbonyl (C=O) groups excluding carboxylic acids is 2. The minimum Gasteiger partial charge on any atom is -0.267 e. The predicted octanol–water partition coefficient (Wildman–Crippen LogP) is 2.16. The first-order chi connectivity index (χ1) is 12.8. The standard InChI is InChI=1S/C18H21N3O4S2/c1-4-9-19-27(24,25)14-8-6-7-13(11-14)17(22)20-21-18(23)16-10-12(3)15(5-2)26-16/h4,6-8,10-11,19H,1,5,9H2,2-3H3,(H,20,22)(H,21,23). The summed E-state index contributed by atoms with van der Waals surface area (Å²) in [7, 11) is -3.74. The molecule has 1 aromatic heterocycles. The van der Waals surface area contributed by atoms with Crippen LogP contribution in [0.25, 0.3) is 0 Å². The van der Waals surface area contributed by atoms with E-state index in [0.29, 0.717) is 4.88 Å².